The van der Waals surface area contributed by atoms with Gasteiger partial charge < -0.3 is 10.2 Å². The highest BCUT2D eigenvalue weighted by Crippen LogP contribution is 2.17. The van der Waals surface area contributed by atoms with Crippen molar-refractivity contribution in [2.75, 3.05) is 11.4 Å². The van der Waals surface area contributed by atoms with Gasteiger partial charge in [-0.2, -0.15) is 0 Å². The minimum atomic E-state index is 0.493. The Balaban J connectivity index is 2.72. The Labute approximate surface area is 124 Å². The Morgan fingerprint density at radius 3 is 2.55 bits per heavy atom. The molecule has 1 N–H and O–H groups in total. The number of hydrogen-bond donors (Lipinski definition) is 1. The Bertz CT molecular complexity index is 374. The molecule has 0 aliphatic rings. The third-order valence-corrected chi connectivity index (χ3v) is 3.44. The zero-order valence-electron chi connectivity index (χ0n) is 13.8. The lowest BCUT2D eigenvalue weighted by Gasteiger charge is -2.28. The van der Waals surface area contributed by atoms with E-state index in [1.807, 2.05) is 6.20 Å². The van der Waals surface area contributed by atoms with Crippen LogP contribution in [0.25, 0.3) is 0 Å². The largest absolute Gasteiger partial charge is 0.354 e. The molecule has 0 aliphatic heterocycles. The number of nitrogens with zero attached hydrogens (tertiary/aromatic N) is 2. The Morgan fingerprint density at radius 2 is 1.95 bits per heavy atom. The first-order chi connectivity index (χ1) is 9.54. The molecule has 0 fully saturated rings. The van der Waals surface area contributed by atoms with E-state index >= 15 is 0 Å². The molecule has 0 aliphatic carbocycles. The average Bonchev–Trinajstić information content (AvgIpc) is 2.41. The van der Waals surface area contributed by atoms with E-state index in [0.717, 1.165) is 18.9 Å². The highest BCUT2D eigenvalue weighted by atomic mass is 15.2. The van der Waals surface area contributed by atoms with E-state index in [-0.39, 0.29) is 0 Å². The summed E-state index contributed by atoms with van der Waals surface area (Å²) in [5, 5.41) is 3.46. The van der Waals surface area contributed by atoms with Gasteiger partial charge in [-0.15, -0.1) is 0 Å². The normalized spacial score (nSPS) is 11.3. The molecule has 20 heavy (non-hydrogen) atoms. The van der Waals surface area contributed by atoms with Crippen molar-refractivity contribution in [2.24, 2.45) is 0 Å². The summed E-state index contributed by atoms with van der Waals surface area (Å²) >= 11 is 0. The second-order valence-corrected chi connectivity index (χ2v) is 6.05. The number of aromatic nitrogens is 1. The maximum Gasteiger partial charge on any atom is 0.129 e. The minimum Gasteiger partial charge on any atom is -0.354 e. The molecule has 1 heterocycles. The molecule has 0 saturated heterocycles. The van der Waals surface area contributed by atoms with E-state index in [2.05, 4.69) is 62.0 Å². The van der Waals surface area contributed by atoms with Gasteiger partial charge in [0.2, 0.25) is 0 Å². The average molecular weight is 277 g/mol. The van der Waals surface area contributed by atoms with Gasteiger partial charge in [-0.25, -0.2) is 4.98 Å². The van der Waals surface area contributed by atoms with Crippen LogP contribution >= 0.6 is 0 Å². The fourth-order valence-corrected chi connectivity index (χ4v) is 2.22. The second kappa shape index (κ2) is 8.96. The molecule has 0 aromatic carbocycles. The van der Waals surface area contributed by atoms with Gasteiger partial charge >= 0.3 is 0 Å². The van der Waals surface area contributed by atoms with Gasteiger partial charge in [-0.05, 0) is 38.0 Å². The summed E-state index contributed by atoms with van der Waals surface area (Å²) < 4.78 is 0. The maximum absolute atomic E-state index is 4.56. The van der Waals surface area contributed by atoms with Crippen molar-refractivity contribution >= 4 is 5.82 Å². The molecule has 0 unspecified atom stereocenters. The first-order valence-corrected chi connectivity index (χ1v) is 7.99. The quantitative estimate of drug-likeness (QED) is 0.692. The van der Waals surface area contributed by atoms with Crippen LogP contribution in [0.1, 0.15) is 59.4 Å². The Kier molecular flexibility index (Phi) is 7.60. The minimum absolute atomic E-state index is 0.493. The zero-order chi connectivity index (χ0) is 15.0. The second-order valence-electron chi connectivity index (χ2n) is 6.05. The third kappa shape index (κ3) is 5.91. The number of unbranched alkanes of at least 4 members (excludes halogenated alkanes) is 2. The summed E-state index contributed by atoms with van der Waals surface area (Å²) in [6.45, 7) is 13.1. The number of anilines is 1. The van der Waals surface area contributed by atoms with Gasteiger partial charge in [0, 0.05) is 31.4 Å². The van der Waals surface area contributed by atoms with E-state index in [9.17, 15) is 0 Å². The van der Waals surface area contributed by atoms with Gasteiger partial charge in [0.1, 0.15) is 5.82 Å². The van der Waals surface area contributed by atoms with Gasteiger partial charge in [0.05, 0.1) is 0 Å². The monoisotopic (exact) mass is 277 g/mol. The molecule has 3 heteroatoms. The van der Waals surface area contributed by atoms with E-state index in [4.69, 9.17) is 0 Å². The van der Waals surface area contributed by atoms with Crippen LogP contribution in [0.2, 0.25) is 0 Å². The number of nitrogens with one attached hydrogen (secondary N) is 1. The van der Waals surface area contributed by atoms with Gasteiger partial charge in [-0.1, -0.05) is 33.6 Å². The highest BCUT2D eigenvalue weighted by molar-refractivity contribution is 5.41. The number of pyridine rings is 1. The standard InChI is InChI=1S/C17H31N3/c1-6-7-8-11-20(15(4)5)17-12-16(9-10-18-17)13-19-14(2)3/h9-10,12,14-15,19H,6-8,11,13H2,1-5H3. The molecule has 3 nitrogen and oxygen atoms in total. The van der Waals surface area contributed by atoms with Crippen LogP contribution in [-0.4, -0.2) is 23.6 Å². The van der Waals surface area contributed by atoms with Crippen LogP contribution in [0.15, 0.2) is 18.3 Å². The predicted molar refractivity (Wildman–Crippen MR) is 88.2 cm³/mol. The Morgan fingerprint density at radius 1 is 1.20 bits per heavy atom. The lowest BCUT2D eigenvalue weighted by Crippen LogP contribution is -2.32. The first-order valence-electron chi connectivity index (χ1n) is 7.99. The summed E-state index contributed by atoms with van der Waals surface area (Å²) in [6, 6.07) is 5.33. The SMILES string of the molecule is CCCCCN(c1cc(CNC(C)C)ccn1)C(C)C. The smallest absolute Gasteiger partial charge is 0.129 e. The molecule has 0 bridgehead atoms. The van der Waals surface area contributed by atoms with Crippen molar-refractivity contribution in [1.82, 2.24) is 10.3 Å². The zero-order valence-corrected chi connectivity index (χ0v) is 13.8. The molecule has 0 radical (unpaired) electrons. The number of rotatable bonds is 9. The molecule has 1 aromatic heterocycles. The van der Waals surface area contributed by atoms with Crippen LogP contribution in [0.5, 0.6) is 0 Å². The van der Waals surface area contributed by atoms with Crippen molar-refractivity contribution in [3.63, 3.8) is 0 Å². The molecule has 0 spiro atoms. The molecule has 0 amide bonds. The molecular weight excluding hydrogens is 246 g/mol. The molecule has 114 valence electrons. The van der Waals surface area contributed by atoms with Gasteiger partial charge in [0.25, 0.3) is 0 Å². The summed E-state index contributed by atoms with van der Waals surface area (Å²) in [4.78, 5) is 6.98. The van der Waals surface area contributed by atoms with Crippen LogP contribution in [0.4, 0.5) is 5.82 Å². The van der Waals surface area contributed by atoms with Crippen molar-refractivity contribution in [3.05, 3.63) is 23.9 Å². The van der Waals surface area contributed by atoms with Crippen LogP contribution in [0.3, 0.4) is 0 Å². The Hall–Kier alpha value is -1.09. The van der Waals surface area contributed by atoms with Gasteiger partial charge in [-0.3, -0.25) is 0 Å². The van der Waals surface area contributed by atoms with Crippen LogP contribution in [0, 0.1) is 0 Å². The lowest BCUT2D eigenvalue weighted by atomic mass is 10.2. The summed E-state index contributed by atoms with van der Waals surface area (Å²) in [5.41, 5.74) is 1.31. The van der Waals surface area contributed by atoms with Crippen LogP contribution < -0.4 is 10.2 Å². The molecule has 1 rings (SSSR count). The summed E-state index contributed by atoms with van der Waals surface area (Å²) in [7, 11) is 0. The predicted octanol–water partition coefficient (Wildman–Crippen LogP) is 3.98. The first kappa shape index (κ1) is 17.0. The number of hydrogen-bond acceptors (Lipinski definition) is 3. The fraction of sp³-hybridized carbons (Fsp3) is 0.706. The van der Waals surface area contributed by atoms with Crippen molar-refractivity contribution in [3.8, 4) is 0 Å². The third-order valence-electron chi connectivity index (χ3n) is 3.44. The maximum atomic E-state index is 4.56. The van der Waals surface area contributed by atoms with E-state index in [1.54, 1.807) is 0 Å². The fourth-order valence-electron chi connectivity index (χ4n) is 2.22. The highest BCUT2D eigenvalue weighted by Gasteiger charge is 2.11. The topological polar surface area (TPSA) is 28.2 Å². The molecule has 0 saturated carbocycles. The van der Waals surface area contributed by atoms with E-state index in [0.29, 0.717) is 12.1 Å². The van der Waals surface area contributed by atoms with E-state index in [1.165, 1.54) is 24.8 Å². The van der Waals surface area contributed by atoms with Crippen molar-refractivity contribution in [2.45, 2.75) is 72.5 Å². The van der Waals surface area contributed by atoms with Gasteiger partial charge in [0.15, 0.2) is 0 Å². The van der Waals surface area contributed by atoms with E-state index < -0.39 is 0 Å². The summed E-state index contributed by atoms with van der Waals surface area (Å²) in [6.07, 6.45) is 5.72. The van der Waals surface area contributed by atoms with Crippen LogP contribution in [-0.2, 0) is 6.54 Å². The molecule has 0 atom stereocenters. The lowest BCUT2D eigenvalue weighted by molar-refractivity contribution is 0.587. The molecule has 1 aromatic rings. The summed E-state index contributed by atoms with van der Waals surface area (Å²) in [5.74, 6) is 1.11. The molecular formula is C17H31N3. The van der Waals surface area contributed by atoms with Crippen molar-refractivity contribution in [1.29, 1.82) is 0 Å². The van der Waals surface area contributed by atoms with Crippen molar-refractivity contribution < 1.29 is 0 Å².